The molecular weight excluding hydrogens is 383 g/mol. The Bertz CT molecular complexity index is 492. The minimum absolute atomic E-state index is 0. The zero-order valence-electron chi connectivity index (χ0n) is 18.7. The number of carbonyl (C=O) groups is 3. The van der Waals surface area contributed by atoms with Gasteiger partial charge >= 0.3 is 24.8 Å². The van der Waals surface area contributed by atoms with E-state index in [0.29, 0.717) is 62.9 Å². The number of hydrogen-bond acceptors (Lipinski definition) is 5. The van der Waals surface area contributed by atoms with Crippen molar-refractivity contribution in [3.63, 3.8) is 0 Å². The van der Waals surface area contributed by atoms with E-state index in [2.05, 4.69) is 12.2 Å². The van der Waals surface area contributed by atoms with E-state index in [4.69, 9.17) is 5.11 Å². The monoisotopic (exact) mass is 421 g/mol. The number of carbonyl (C=O) groups excluding carboxylic acids is 2. The van der Waals surface area contributed by atoms with Crippen LogP contribution in [0.5, 0.6) is 0 Å². The Labute approximate surface area is 192 Å². The third-order valence-corrected chi connectivity index (χ3v) is 4.99. The summed E-state index contributed by atoms with van der Waals surface area (Å²) in [7, 11) is 0. The molecule has 0 rings (SSSR count). The van der Waals surface area contributed by atoms with Gasteiger partial charge in [0.05, 0.1) is 32.8 Å². The predicted octanol–water partition coefficient (Wildman–Crippen LogP) is -2.16. The third kappa shape index (κ3) is 17.5. The molecule has 0 aromatic rings. The van der Waals surface area contributed by atoms with Crippen LogP contribution in [-0.2, 0) is 14.4 Å². The maximum Gasteiger partial charge on any atom is 1.00 e. The number of rotatable bonds is 19. The second-order valence-electron chi connectivity index (χ2n) is 7.48. The Kier molecular flexibility index (Phi) is 20.2. The van der Waals surface area contributed by atoms with E-state index < -0.39 is 11.9 Å². The molecule has 3 N–H and O–H groups in total. The number of carboxylic acids is 2. The molecule has 1 atom stereocenters. The van der Waals surface area contributed by atoms with Gasteiger partial charge in [0.1, 0.15) is 6.54 Å². The van der Waals surface area contributed by atoms with Crippen LogP contribution in [0.2, 0.25) is 0 Å². The molecule has 0 saturated heterocycles. The zero-order valence-corrected chi connectivity index (χ0v) is 18.7. The first kappa shape index (κ1) is 30.9. The number of aliphatic carboxylic acids is 2. The minimum atomic E-state index is -1.08. The quantitative estimate of drug-likeness (QED) is 0.0944. The van der Waals surface area contributed by atoms with E-state index in [1.54, 1.807) is 6.08 Å². The number of allylic oxidation sites excluding steroid dienone is 1. The van der Waals surface area contributed by atoms with Crippen molar-refractivity contribution in [3.8, 4) is 0 Å². The van der Waals surface area contributed by atoms with Gasteiger partial charge in [0.15, 0.2) is 0 Å². The number of unbranched alkanes of at least 4 members (excludes halogenated alkanes) is 4. The summed E-state index contributed by atoms with van der Waals surface area (Å²) in [6, 6.07) is 0. The molecule has 168 valence electrons. The standard InChI is InChI=1S/C21H38N2O6.Li/c1-2-3-4-5-10-19(25)22-13-16-23(17-18-24,14-8-6-11-20(26)27)15-9-7-12-21(28)29;/h5,10,24H,2-4,6-9,11-18H2,1H3,(H2-,22,25,26,27,28,29);/q;+1/b10-5+;. The number of aliphatic hydroxyl groups excluding tert-OH is 1. The molecular formula is C21H38LiN2O6+. The molecule has 0 heterocycles. The number of quaternary nitrogens is 1. The van der Waals surface area contributed by atoms with Crippen LogP contribution >= 0.6 is 0 Å². The molecule has 8 nitrogen and oxygen atoms in total. The Hall–Kier alpha value is -1.33. The average molecular weight is 421 g/mol. The number of nitrogens with one attached hydrogen (secondary N) is 1. The number of aliphatic hydroxyl groups is 1. The molecule has 0 aromatic carbocycles. The first-order valence-corrected chi connectivity index (χ1v) is 10.7. The van der Waals surface area contributed by atoms with Gasteiger partial charge in [-0.3, -0.25) is 9.59 Å². The molecule has 0 spiro atoms. The fourth-order valence-electron chi connectivity index (χ4n) is 3.31. The molecule has 0 radical (unpaired) electrons. The summed E-state index contributed by atoms with van der Waals surface area (Å²) in [5, 5.41) is 31.9. The van der Waals surface area contributed by atoms with Crippen LogP contribution in [0.15, 0.2) is 12.2 Å². The number of hydrogen-bond donors (Lipinski definition) is 3. The van der Waals surface area contributed by atoms with Crippen molar-refractivity contribution < 1.29 is 53.0 Å². The molecule has 1 unspecified atom stereocenters. The van der Waals surface area contributed by atoms with Gasteiger partial charge in [-0.25, -0.2) is 0 Å². The third-order valence-electron chi connectivity index (χ3n) is 4.99. The fourth-order valence-corrected chi connectivity index (χ4v) is 3.31. The maximum absolute atomic E-state index is 11.9. The zero-order chi connectivity index (χ0) is 22.0. The normalized spacial score (nSPS) is 12.9. The smallest absolute Gasteiger partial charge is 0.550 e. The summed E-state index contributed by atoms with van der Waals surface area (Å²) in [5.41, 5.74) is 0. The van der Waals surface area contributed by atoms with Crippen molar-refractivity contribution in [2.45, 2.75) is 64.7 Å². The molecule has 0 aliphatic carbocycles. The Balaban J connectivity index is 0. The van der Waals surface area contributed by atoms with Gasteiger partial charge in [0.2, 0.25) is 5.91 Å². The summed E-state index contributed by atoms with van der Waals surface area (Å²) in [6.07, 6.45) is 8.90. The van der Waals surface area contributed by atoms with Crippen molar-refractivity contribution >= 4 is 17.8 Å². The van der Waals surface area contributed by atoms with E-state index in [1.807, 2.05) is 6.08 Å². The van der Waals surface area contributed by atoms with Crippen LogP contribution in [-0.4, -0.2) is 71.9 Å². The van der Waals surface area contributed by atoms with E-state index in [1.165, 1.54) is 0 Å². The van der Waals surface area contributed by atoms with E-state index in [-0.39, 0.29) is 44.2 Å². The van der Waals surface area contributed by atoms with Gasteiger partial charge in [-0.2, -0.15) is 0 Å². The number of amides is 1. The van der Waals surface area contributed by atoms with Crippen LogP contribution in [0.25, 0.3) is 0 Å². The van der Waals surface area contributed by atoms with Crippen molar-refractivity contribution in [3.05, 3.63) is 12.2 Å². The first-order valence-electron chi connectivity index (χ1n) is 10.7. The molecule has 0 bridgehead atoms. The van der Waals surface area contributed by atoms with Crippen molar-refractivity contribution in [2.75, 3.05) is 39.3 Å². The number of carboxylic acid groups (broad SMARTS) is 2. The minimum Gasteiger partial charge on any atom is -0.550 e. The van der Waals surface area contributed by atoms with Crippen LogP contribution < -0.4 is 29.3 Å². The summed E-state index contributed by atoms with van der Waals surface area (Å²) >= 11 is 0. The molecule has 0 aliphatic heterocycles. The summed E-state index contributed by atoms with van der Waals surface area (Å²) < 4.78 is 0.531. The van der Waals surface area contributed by atoms with Crippen molar-refractivity contribution in [1.82, 2.24) is 5.32 Å². The largest absolute Gasteiger partial charge is 1.00 e. The number of nitrogens with zero attached hydrogens (tertiary/aromatic N) is 1. The van der Waals surface area contributed by atoms with Gasteiger partial charge < -0.3 is 29.9 Å². The predicted molar refractivity (Wildman–Crippen MR) is 109 cm³/mol. The van der Waals surface area contributed by atoms with E-state index in [9.17, 15) is 24.6 Å². The summed E-state index contributed by atoms with van der Waals surface area (Å²) in [6.45, 7) is 4.95. The molecule has 0 saturated carbocycles. The second kappa shape index (κ2) is 19.6. The van der Waals surface area contributed by atoms with E-state index >= 15 is 0 Å². The van der Waals surface area contributed by atoms with Crippen molar-refractivity contribution in [2.24, 2.45) is 0 Å². The first-order chi connectivity index (χ1) is 13.8. The van der Waals surface area contributed by atoms with E-state index in [0.717, 1.165) is 19.3 Å². The molecule has 0 fully saturated rings. The molecule has 0 aliphatic rings. The van der Waals surface area contributed by atoms with Crippen molar-refractivity contribution in [1.29, 1.82) is 0 Å². The summed E-state index contributed by atoms with van der Waals surface area (Å²) in [5.74, 6) is -2.05. The Morgan fingerprint density at radius 3 is 2.13 bits per heavy atom. The van der Waals surface area contributed by atoms with Gasteiger partial charge in [-0.05, 0) is 44.6 Å². The average Bonchev–Trinajstić information content (AvgIpc) is 2.66. The fraction of sp³-hybridized carbons (Fsp3) is 0.762. The Morgan fingerprint density at radius 1 is 0.967 bits per heavy atom. The second-order valence-corrected chi connectivity index (χ2v) is 7.48. The Morgan fingerprint density at radius 2 is 1.60 bits per heavy atom. The van der Waals surface area contributed by atoms with Gasteiger partial charge in [0.25, 0.3) is 0 Å². The van der Waals surface area contributed by atoms with Crippen LogP contribution in [0.4, 0.5) is 0 Å². The van der Waals surface area contributed by atoms with Gasteiger partial charge in [-0.15, -0.1) is 0 Å². The molecule has 1 amide bonds. The topological polar surface area (TPSA) is 127 Å². The molecule has 9 heteroatoms. The van der Waals surface area contributed by atoms with Crippen LogP contribution in [0, 0.1) is 0 Å². The maximum atomic E-state index is 11.9. The van der Waals surface area contributed by atoms with Gasteiger partial charge in [0, 0.05) is 12.4 Å². The van der Waals surface area contributed by atoms with Crippen LogP contribution in [0.3, 0.4) is 0 Å². The van der Waals surface area contributed by atoms with Gasteiger partial charge in [-0.1, -0.05) is 25.8 Å². The van der Waals surface area contributed by atoms with Crippen LogP contribution in [0.1, 0.15) is 64.7 Å². The molecule has 0 aromatic heterocycles. The summed E-state index contributed by atoms with van der Waals surface area (Å²) in [4.78, 5) is 33.3. The molecule has 30 heavy (non-hydrogen) atoms. The SMILES string of the molecule is CCCC/C=C/C(=O)NCC[N+](CCO)(CCCCC(=O)[O-])CCCCC(=O)O.[Li+].